The van der Waals surface area contributed by atoms with Crippen LogP contribution in [0.1, 0.15) is 27.7 Å². The van der Waals surface area contributed by atoms with E-state index >= 15 is 0 Å². The fourth-order valence-electron chi connectivity index (χ4n) is 2.88. The van der Waals surface area contributed by atoms with E-state index in [1.165, 1.54) is 0 Å². The molecule has 0 aliphatic rings. The highest BCUT2D eigenvalue weighted by atomic mass is 35.5. The Labute approximate surface area is 185 Å². The molecule has 0 spiro atoms. The second kappa shape index (κ2) is 8.77. The van der Waals surface area contributed by atoms with E-state index < -0.39 is 23.6 Å². The fraction of sp³-hybridized carbons (Fsp3) is 0.273. The number of halogens is 1. The Kier molecular flexibility index (Phi) is 6.31. The zero-order chi connectivity index (χ0) is 22.8. The van der Waals surface area contributed by atoms with Gasteiger partial charge in [0.1, 0.15) is 11.6 Å². The predicted octanol–water partition coefficient (Wildman–Crippen LogP) is 4.38. The van der Waals surface area contributed by atoms with Crippen LogP contribution in [0, 0.1) is 0 Å². The number of aromatic nitrogens is 2. The van der Waals surface area contributed by atoms with Gasteiger partial charge in [0.25, 0.3) is 0 Å². The third kappa shape index (κ3) is 5.82. The summed E-state index contributed by atoms with van der Waals surface area (Å²) in [6.45, 7) is 6.82. The van der Waals surface area contributed by atoms with Crippen LogP contribution < -0.4 is 16.4 Å². The zero-order valence-corrected chi connectivity index (χ0v) is 18.4. The first-order valence-electron chi connectivity index (χ1n) is 9.65. The number of alkyl carbamates (subject to hydrolysis) is 1. The minimum absolute atomic E-state index is 0.134. The number of ether oxygens (including phenoxy) is 1. The highest BCUT2D eigenvalue weighted by Crippen LogP contribution is 2.30. The minimum atomic E-state index is -0.798. The first kappa shape index (κ1) is 22.3. The summed E-state index contributed by atoms with van der Waals surface area (Å²) in [4.78, 5) is 33.0. The van der Waals surface area contributed by atoms with Crippen LogP contribution in [-0.4, -0.2) is 33.6 Å². The van der Waals surface area contributed by atoms with Crippen molar-refractivity contribution in [2.75, 3.05) is 11.1 Å². The molecule has 0 saturated heterocycles. The van der Waals surface area contributed by atoms with Crippen LogP contribution >= 0.6 is 11.6 Å². The molecule has 31 heavy (non-hydrogen) atoms. The normalized spacial score (nSPS) is 12.3. The van der Waals surface area contributed by atoms with Gasteiger partial charge < -0.3 is 21.1 Å². The average Bonchev–Trinajstić information content (AvgIpc) is 2.66. The molecule has 3 rings (SSSR count). The molecule has 0 aliphatic carbocycles. The number of fused-ring (bicyclic) bond motifs is 1. The van der Waals surface area contributed by atoms with E-state index in [0.717, 1.165) is 10.9 Å². The van der Waals surface area contributed by atoms with Crippen molar-refractivity contribution in [3.8, 4) is 11.3 Å². The van der Waals surface area contributed by atoms with Crippen LogP contribution in [0.25, 0.3) is 22.2 Å². The molecular weight excluding hydrogens is 418 g/mol. The Bertz CT molecular complexity index is 1140. The van der Waals surface area contributed by atoms with E-state index in [1.807, 2.05) is 6.07 Å². The number of hydrogen-bond donors (Lipinski definition) is 3. The molecule has 162 valence electrons. The largest absolute Gasteiger partial charge is 0.444 e. The van der Waals surface area contributed by atoms with Gasteiger partial charge in [0.15, 0.2) is 0 Å². The molecule has 0 fully saturated rings. The predicted molar refractivity (Wildman–Crippen MR) is 122 cm³/mol. The third-order valence-corrected chi connectivity index (χ3v) is 4.44. The number of rotatable bonds is 4. The molecule has 8 nitrogen and oxygen atoms in total. The van der Waals surface area contributed by atoms with Crippen molar-refractivity contribution in [1.29, 1.82) is 0 Å². The van der Waals surface area contributed by atoms with Crippen molar-refractivity contribution >= 4 is 46.1 Å². The molecule has 4 N–H and O–H groups in total. The number of anilines is 2. The van der Waals surface area contributed by atoms with E-state index in [9.17, 15) is 9.59 Å². The topological polar surface area (TPSA) is 119 Å². The Morgan fingerprint density at radius 2 is 1.87 bits per heavy atom. The van der Waals surface area contributed by atoms with E-state index in [-0.39, 0.29) is 5.95 Å². The molecule has 1 heterocycles. The molecule has 1 atom stereocenters. The van der Waals surface area contributed by atoms with Crippen LogP contribution in [-0.2, 0) is 9.53 Å². The smallest absolute Gasteiger partial charge is 0.408 e. The standard InChI is InChI=1S/C22H24ClN5O3/c1-12(25-21(30)31-22(2,3)4)19(29)26-15-7-5-6-13(10-15)18-16-11-14(23)8-9-17(16)27-20(24)28-18/h5-12H,1-4H3,(H,25,30)(H,26,29)(H2,24,27,28)/t12-/m1/s1. The van der Waals surface area contributed by atoms with Crippen molar-refractivity contribution in [2.24, 2.45) is 0 Å². The molecule has 3 aromatic rings. The maximum atomic E-state index is 12.5. The molecular formula is C22H24ClN5O3. The fourth-order valence-corrected chi connectivity index (χ4v) is 3.06. The molecule has 2 amide bonds. The van der Waals surface area contributed by atoms with Crippen LogP contribution in [0.2, 0.25) is 5.02 Å². The summed E-state index contributed by atoms with van der Waals surface area (Å²) in [6.07, 6.45) is -0.663. The molecule has 0 radical (unpaired) electrons. The second-order valence-corrected chi connectivity index (χ2v) is 8.47. The summed E-state index contributed by atoms with van der Waals surface area (Å²) in [5.41, 5.74) is 7.74. The Morgan fingerprint density at radius 3 is 2.58 bits per heavy atom. The van der Waals surface area contributed by atoms with Gasteiger partial charge in [0.2, 0.25) is 11.9 Å². The highest BCUT2D eigenvalue weighted by Gasteiger charge is 2.21. The molecule has 9 heteroatoms. The first-order chi connectivity index (χ1) is 14.5. The van der Waals surface area contributed by atoms with Gasteiger partial charge in [-0.2, -0.15) is 0 Å². The number of nitrogens with one attached hydrogen (secondary N) is 2. The van der Waals surface area contributed by atoms with E-state index in [1.54, 1.807) is 64.1 Å². The summed E-state index contributed by atoms with van der Waals surface area (Å²) in [5, 5.41) is 6.59. The Balaban J connectivity index is 1.81. The summed E-state index contributed by atoms with van der Waals surface area (Å²) >= 11 is 6.15. The van der Waals surface area contributed by atoms with Gasteiger partial charge in [0, 0.05) is 21.7 Å². The van der Waals surface area contributed by atoms with Crippen molar-refractivity contribution < 1.29 is 14.3 Å². The molecule has 0 saturated carbocycles. The van der Waals surface area contributed by atoms with Gasteiger partial charge in [-0.05, 0) is 58.0 Å². The quantitative estimate of drug-likeness (QED) is 0.552. The lowest BCUT2D eigenvalue weighted by Gasteiger charge is -2.21. The van der Waals surface area contributed by atoms with Crippen LogP contribution in [0.4, 0.5) is 16.4 Å². The number of carbonyl (C=O) groups excluding carboxylic acids is 2. The summed E-state index contributed by atoms with van der Waals surface area (Å²) in [7, 11) is 0. The maximum Gasteiger partial charge on any atom is 0.408 e. The number of nitrogen functional groups attached to an aromatic ring is 1. The first-order valence-corrected chi connectivity index (χ1v) is 10.0. The van der Waals surface area contributed by atoms with Gasteiger partial charge in [-0.15, -0.1) is 0 Å². The van der Waals surface area contributed by atoms with Crippen molar-refractivity contribution in [1.82, 2.24) is 15.3 Å². The van der Waals surface area contributed by atoms with Gasteiger partial charge in [-0.1, -0.05) is 23.7 Å². The van der Waals surface area contributed by atoms with Crippen molar-refractivity contribution in [2.45, 2.75) is 39.3 Å². The highest BCUT2D eigenvalue weighted by molar-refractivity contribution is 6.31. The van der Waals surface area contributed by atoms with Gasteiger partial charge in [-0.3, -0.25) is 4.79 Å². The van der Waals surface area contributed by atoms with Crippen LogP contribution in [0.3, 0.4) is 0 Å². The maximum absolute atomic E-state index is 12.5. The molecule has 0 aliphatic heterocycles. The molecule has 1 aromatic heterocycles. The number of hydrogen-bond acceptors (Lipinski definition) is 6. The lowest BCUT2D eigenvalue weighted by atomic mass is 10.1. The zero-order valence-electron chi connectivity index (χ0n) is 17.7. The molecule has 0 bridgehead atoms. The number of carbonyl (C=O) groups is 2. The number of amides is 2. The van der Waals surface area contributed by atoms with Gasteiger partial charge >= 0.3 is 6.09 Å². The summed E-state index contributed by atoms with van der Waals surface area (Å²) in [6, 6.07) is 11.6. The Morgan fingerprint density at radius 1 is 1.13 bits per heavy atom. The Hall–Kier alpha value is -3.39. The minimum Gasteiger partial charge on any atom is -0.444 e. The van der Waals surface area contributed by atoms with Crippen LogP contribution in [0.5, 0.6) is 0 Å². The van der Waals surface area contributed by atoms with E-state index in [0.29, 0.717) is 21.9 Å². The van der Waals surface area contributed by atoms with Crippen molar-refractivity contribution in [3.63, 3.8) is 0 Å². The van der Waals surface area contributed by atoms with E-state index in [2.05, 4.69) is 20.6 Å². The van der Waals surface area contributed by atoms with Gasteiger partial charge in [-0.25, -0.2) is 14.8 Å². The van der Waals surface area contributed by atoms with Gasteiger partial charge in [0.05, 0.1) is 11.2 Å². The van der Waals surface area contributed by atoms with E-state index in [4.69, 9.17) is 22.1 Å². The number of nitrogens with two attached hydrogens (primary N) is 1. The SMILES string of the molecule is C[C@@H](NC(=O)OC(C)(C)C)C(=O)Nc1cccc(-c2nc(N)nc3ccc(Cl)cc23)c1. The van der Waals surface area contributed by atoms with Crippen molar-refractivity contribution in [3.05, 3.63) is 47.5 Å². The summed E-state index contributed by atoms with van der Waals surface area (Å²) < 4.78 is 5.18. The lowest BCUT2D eigenvalue weighted by Crippen LogP contribution is -2.43. The second-order valence-electron chi connectivity index (χ2n) is 8.03. The monoisotopic (exact) mass is 441 g/mol. The lowest BCUT2D eigenvalue weighted by molar-refractivity contribution is -0.117. The average molecular weight is 442 g/mol. The number of benzene rings is 2. The molecule has 0 unspecified atom stereocenters. The third-order valence-electron chi connectivity index (χ3n) is 4.21. The molecule has 2 aromatic carbocycles. The summed E-state index contributed by atoms with van der Waals surface area (Å²) in [5.74, 6) is -0.257. The van der Waals surface area contributed by atoms with Crippen LogP contribution in [0.15, 0.2) is 42.5 Å². The number of nitrogens with zero attached hydrogens (tertiary/aromatic N) is 2.